The summed E-state index contributed by atoms with van der Waals surface area (Å²) in [6.07, 6.45) is 5.42. The summed E-state index contributed by atoms with van der Waals surface area (Å²) in [6.45, 7) is 0.196. The normalized spacial score (nSPS) is 12.3. The van der Waals surface area contributed by atoms with E-state index in [0.29, 0.717) is 20.6 Å². The van der Waals surface area contributed by atoms with Crippen molar-refractivity contribution in [2.24, 2.45) is 10.1 Å². The van der Waals surface area contributed by atoms with Crippen LogP contribution in [-0.4, -0.2) is 18.9 Å². The van der Waals surface area contributed by atoms with E-state index in [4.69, 9.17) is 11.6 Å². The Balaban J connectivity index is 2.18. The molecule has 0 spiro atoms. The van der Waals surface area contributed by atoms with E-state index in [0.717, 1.165) is 4.47 Å². The van der Waals surface area contributed by atoms with Crippen molar-refractivity contribution < 1.29 is 13.2 Å². The zero-order valence-electron chi connectivity index (χ0n) is 13.2. The van der Waals surface area contributed by atoms with Crippen LogP contribution in [0.2, 0.25) is 0 Å². The van der Waals surface area contributed by atoms with Crippen LogP contribution in [0.3, 0.4) is 0 Å². The second kappa shape index (κ2) is 7.17. The second-order valence-electron chi connectivity index (χ2n) is 5.27. The number of halogens is 1. The van der Waals surface area contributed by atoms with Gasteiger partial charge in [-0.2, -0.15) is 4.99 Å². The number of sulfonamides is 1. The highest BCUT2D eigenvalue weighted by molar-refractivity contribution is 9.10. The van der Waals surface area contributed by atoms with Crippen molar-refractivity contribution in [2.45, 2.75) is 11.4 Å². The Morgan fingerprint density at radius 1 is 1.27 bits per heavy atom. The minimum atomic E-state index is -3.83. The molecule has 0 aliphatic rings. The fourth-order valence-electron chi connectivity index (χ4n) is 2.30. The molecular weight excluding hydrogens is 438 g/mol. The van der Waals surface area contributed by atoms with Gasteiger partial charge >= 0.3 is 0 Å². The van der Waals surface area contributed by atoms with Crippen LogP contribution in [0.25, 0.3) is 10.2 Å². The number of benzene rings is 2. The molecule has 0 aliphatic carbocycles. The highest BCUT2D eigenvalue weighted by Crippen LogP contribution is 2.21. The van der Waals surface area contributed by atoms with Gasteiger partial charge in [-0.05, 0) is 42.5 Å². The third kappa shape index (κ3) is 3.78. The SMILES string of the molecule is C#CCn1c(=NC(=O)c2ccc(Br)cc2)sc2cc(S(N)(=O)=O)ccc21. The highest BCUT2D eigenvalue weighted by Gasteiger charge is 2.13. The quantitative estimate of drug-likeness (QED) is 0.622. The second-order valence-corrected chi connectivity index (χ2v) is 8.76. The zero-order chi connectivity index (χ0) is 18.9. The number of rotatable bonds is 3. The van der Waals surface area contributed by atoms with E-state index >= 15 is 0 Å². The van der Waals surface area contributed by atoms with Crippen molar-refractivity contribution in [1.82, 2.24) is 4.57 Å². The number of thiazole rings is 1. The van der Waals surface area contributed by atoms with Gasteiger partial charge in [0.15, 0.2) is 4.80 Å². The Morgan fingerprint density at radius 3 is 2.58 bits per heavy atom. The fourth-order valence-corrected chi connectivity index (χ4v) is 4.25. The largest absolute Gasteiger partial charge is 0.305 e. The molecule has 132 valence electrons. The smallest absolute Gasteiger partial charge is 0.279 e. The molecule has 1 aromatic heterocycles. The molecule has 0 saturated heterocycles. The number of amides is 1. The molecule has 0 saturated carbocycles. The zero-order valence-corrected chi connectivity index (χ0v) is 16.4. The summed E-state index contributed by atoms with van der Waals surface area (Å²) >= 11 is 4.49. The van der Waals surface area contributed by atoms with Crippen LogP contribution in [0.5, 0.6) is 0 Å². The number of nitrogens with two attached hydrogens (primary N) is 1. The van der Waals surface area contributed by atoms with Gasteiger partial charge in [-0.15, -0.1) is 6.42 Å². The lowest BCUT2D eigenvalue weighted by molar-refractivity contribution is 0.0998. The first kappa shape index (κ1) is 18.5. The summed E-state index contributed by atoms with van der Waals surface area (Å²) in [5.41, 5.74) is 1.12. The Morgan fingerprint density at radius 2 is 1.96 bits per heavy atom. The van der Waals surface area contributed by atoms with Crippen molar-refractivity contribution in [2.75, 3.05) is 0 Å². The van der Waals surface area contributed by atoms with Crippen LogP contribution in [0.4, 0.5) is 0 Å². The number of terminal acetylenes is 1. The molecule has 1 amide bonds. The maximum absolute atomic E-state index is 12.4. The van der Waals surface area contributed by atoms with Crippen molar-refractivity contribution in [3.63, 3.8) is 0 Å². The van der Waals surface area contributed by atoms with E-state index in [2.05, 4.69) is 26.8 Å². The third-order valence-electron chi connectivity index (χ3n) is 3.52. The molecule has 0 bridgehead atoms. The van der Waals surface area contributed by atoms with Crippen LogP contribution in [0.15, 0.2) is 56.8 Å². The van der Waals surface area contributed by atoms with E-state index in [1.165, 1.54) is 23.5 Å². The maximum Gasteiger partial charge on any atom is 0.279 e. The average Bonchev–Trinajstić information content (AvgIpc) is 2.92. The minimum absolute atomic E-state index is 0.00936. The first-order chi connectivity index (χ1) is 12.3. The number of hydrogen-bond donors (Lipinski definition) is 1. The third-order valence-corrected chi connectivity index (χ3v) is 6.00. The molecular formula is C17H12BrN3O3S2. The minimum Gasteiger partial charge on any atom is -0.305 e. The summed E-state index contributed by atoms with van der Waals surface area (Å²) < 4.78 is 26.3. The lowest BCUT2D eigenvalue weighted by Gasteiger charge is -2.01. The van der Waals surface area contributed by atoms with Crippen LogP contribution in [-0.2, 0) is 16.6 Å². The van der Waals surface area contributed by atoms with E-state index in [1.54, 1.807) is 34.9 Å². The molecule has 0 atom stereocenters. The van der Waals surface area contributed by atoms with E-state index in [-0.39, 0.29) is 11.4 Å². The molecule has 1 heterocycles. The van der Waals surface area contributed by atoms with Crippen LogP contribution in [0, 0.1) is 12.3 Å². The Hall–Kier alpha value is -2.25. The number of carbonyl (C=O) groups excluding carboxylic acids is 1. The van der Waals surface area contributed by atoms with Crippen molar-refractivity contribution in [1.29, 1.82) is 0 Å². The van der Waals surface area contributed by atoms with Gasteiger partial charge in [-0.3, -0.25) is 4.79 Å². The number of aromatic nitrogens is 1. The molecule has 3 aromatic rings. The van der Waals surface area contributed by atoms with Gasteiger partial charge in [0.05, 0.1) is 21.7 Å². The molecule has 3 rings (SSSR count). The summed E-state index contributed by atoms with van der Waals surface area (Å²) in [4.78, 5) is 17.0. The summed E-state index contributed by atoms with van der Waals surface area (Å²) in [7, 11) is -3.83. The molecule has 0 radical (unpaired) electrons. The lowest BCUT2D eigenvalue weighted by Crippen LogP contribution is -2.16. The predicted molar refractivity (Wildman–Crippen MR) is 104 cm³/mol. The van der Waals surface area contributed by atoms with Crippen molar-refractivity contribution in [3.8, 4) is 12.3 Å². The topological polar surface area (TPSA) is 94.5 Å². The summed E-state index contributed by atoms with van der Waals surface area (Å²) in [5.74, 6) is 2.10. The molecule has 2 aromatic carbocycles. The lowest BCUT2D eigenvalue weighted by atomic mass is 10.2. The highest BCUT2D eigenvalue weighted by atomic mass is 79.9. The fraction of sp³-hybridized carbons (Fsp3) is 0.0588. The first-order valence-electron chi connectivity index (χ1n) is 7.24. The van der Waals surface area contributed by atoms with Gasteiger partial charge in [0, 0.05) is 10.0 Å². The van der Waals surface area contributed by atoms with Gasteiger partial charge in [-0.25, -0.2) is 13.6 Å². The molecule has 0 aliphatic heterocycles. The van der Waals surface area contributed by atoms with Crippen LogP contribution in [0.1, 0.15) is 10.4 Å². The molecule has 2 N–H and O–H groups in total. The van der Waals surface area contributed by atoms with Gasteiger partial charge in [0.1, 0.15) is 0 Å². The Bertz CT molecular complexity index is 1220. The molecule has 9 heteroatoms. The monoisotopic (exact) mass is 449 g/mol. The Kier molecular flexibility index (Phi) is 5.11. The predicted octanol–water partition coefficient (Wildman–Crippen LogP) is 2.49. The molecule has 26 heavy (non-hydrogen) atoms. The van der Waals surface area contributed by atoms with Crippen LogP contribution >= 0.6 is 27.3 Å². The van der Waals surface area contributed by atoms with Crippen LogP contribution < -0.4 is 9.94 Å². The molecule has 0 fully saturated rings. The number of hydrogen-bond acceptors (Lipinski definition) is 4. The Labute approximate surface area is 162 Å². The first-order valence-corrected chi connectivity index (χ1v) is 10.4. The standard InChI is InChI=1S/C17H12BrN3O3S2/c1-2-9-21-14-8-7-13(26(19,23)24)10-15(14)25-17(21)20-16(22)11-3-5-12(18)6-4-11/h1,3-8,10H,9H2,(H2,19,23,24). The van der Waals surface area contributed by atoms with Gasteiger partial charge in [0.2, 0.25) is 10.0 Å². The van der Waals surface area contributed by atoms with E-state index in [9.17, 15) is 13.2 Å². The number of primary sulfonamides is 1. The van der Waals surface area contributed by atoms with Gasteiger partial charge in [0.25, 0.3) is 5.91 Å². The number of nitrogens with zero attached hydrogens (tertiary/aromatic N) is 2. The number of carbonyl (C=O) groups is 1. The number of fused-ring (bicyclic) bond motifs is 1. The van der Waals surface area contributed by atoms with Crippen molar-refractivity contribution in [3.05, 3.63) is 57.3 Å². The van der Waals surface area contributed by atoms with Gasteiger partial charge < -0.3 is 4.57 Å². The molecule has 6 nitrogen and oxygen atoms in total. The average molecular weight is 450 g/mol. The maximum atomic E-state index is 12.4. The summed E-state index contributed by atoms with van der Waals surface area (Å²) in [6, 6.07) is 11.3. The molecule has 0 unspecified atom stereocenters. The van der Waals surface area contributed by atoms with E-state index in [1.807, 2.05) is 0 Å². The van der Waals surface area contributed by atoms with Crippen molar-refractivity contribution >= 4 is 53.4 Å². The van der Waals surface area contributed by atoms with E-state index < -0.39 is 15.9 Å². The van der Waals surface area contributed by atoms with Gasteiger partial charge in [-0.1, -0.05) is 33.2 Å². The summed E-state index contributed by atoms with van der Waals surface area (Å²) in [5, 5.41) is 5.18.